The second kappa shape index (κ2) is 6.44. The Labute approximate surface area is 143 Å². The Morgan fingerprint density at radius 3 is 2.79 bits per heavy atom. The molecule has 0 amide bonds. The van der Waals surface area contributed by atoms with Crippen LogP contribution >= 0.6 is 0 Å². The number of benzene rings is 1. The fourth-order valence-corrected chi connectivity index (χ4v) is 3.73. The molecule has 0 radical (unpaired) electrons. The second-order valence-electron chi connectivity index (χ2n) is 6.64. The molecule has 0 bridgehead atoms. The Morgan fingerprint density at radius 1 is 1.08 bits per heavy atom. The molecule has 0 aliphatic carbocycles. The molecule has 0 unspecified atom stereocenters. The van der Waals surface area contributed by atoms with E-state index < -0.39 is 0 Å². The number of ether oxygens (including phenoxy) is 2. The number of aromatic nitrogens is 1. The minimum Gasteiger partial charge on any atom is -0.493 e. The molecule has 1 aromatic carbocycles. The van der Waals surface area contributed by atoms with Crippen LogP contribution in [0.1, 0.15) is 35.3 Å². The third kappa shape index (κ3) is 2.86. The highest BCUT2D eigenvalue weighted by molar-refractivity contribution is 5.41. The van der Waals surface area contributed by atoms with Gasteiger partial charge in [-0.3, -0.25) is 4.90 Å². The van der Waals surface area contributed by atoms with Gasteiger partial charge in [0.2, 0.25) is 5.88 Å². The number of methoxy groups -OCH3 is 1. The first kappa shape index (κ1) is 15.5. The van der Waals surface area contributed by atoms with Gasteiger partial charge in [0.1, 0.15) is 5.75 Å². The Hall–Kier alpha value is -2.07. The Balaban J connectivity index is 1.51. The van der Waals surface area contributed by atoms with E-state index in [1.807, 2.05) is 6.07 Å². The van der Waals surface area contributed by atoms with Crippen LogP contribution in [0.25, 0.3) is 0 Å². The number of fused-ring (bicyclic) bond motifs is 2. The molecule has 2 aliphatic rings. The van der Waals surface area contributed by atoms with Crippen molar-refractivity contribution in [3.05, 3.63) is 52.7 Å². The van der Waals surface area contributed by atoms with Gasteiger partial charge in [-0.15, -0.1) is 0 Å². The molecular weight excluding hydrogens is 300 g/mol. The van der Waals surface area contributed by atoms with Crippen molar-refractivity contribution in [2.45, 2.75) is 32.2 Å². The molecule has 4 heteroatoms. The molecule has 0 fully saturated rings. The van der Waals surface area contributed by atoms with Gasteiger partial charge in [0.25, 0.3) is 0 Å². The maximum Gasteiger partial charge on any atom is 0.213 e. The third-order valence-electron chi connectivity index (χ3n) is 5.31. The zero-order valence-corrected chi connectivity index (χ0v) is 14.4. The fourth-order valence-electron chi connectivity index (χ4n) is 3.73. The molecule has 1 atom stereocenters. The first-order chi connectivity index (χ1) is 11.7. The van der Waals surface area contributed by atoms with Crippen molar-refractivity contribution >= 4 is 0 Å². The Kier molecular flexibility index (Phi) is 4.15. The van der Waals surface area contributed by atoms with Gasteiger partial charge in [0.05, 0.1) is 13.7 Å². The van der Waals surface area contributed by atoms with E-state index >= 15 is 0 Å². The molecule has 0 saturated carbocycles. The summed E-state index contributed by atoms with van der Waals surface area (Å²) in [7, 11) is 1.68. The average Bonchev–Trinajstić information content (AvgIpc) is 2.99. The van der Waals surface area contributed by atoms with E-state index in [1.165, 1.54) is 22.4 Å². The summed E-state index contributed by atoms with van der Waals surface area (Å²) in [5, 5.41) is 0. The lowest BCUT2D eigenvalue weighted by molar-refractivity contribution is 0.220. The highest BCUT2D eigenvalue weighted by Crippen LogP contribution is 2.31. The van der Waals surface area contributed by atoms with E-state index in [0.717, 1.165) is 44.7 Å². The van der Waals surface area contributed by atoms with Gasteiger partial charge in [-0.25, -0.2) is 4.98 Å². The van der Waals surface area contributed by atoms with Crippen molar-refractivity contribution < 1.29 is 9.47 Å². The summed E-state index contributed by atoms with van der Waals surface area (Å²) in [6, 6.07) is 11.2. The van der Waals surface area contributed by atoms with Crippen LogP contribution in [0.3, 0.4) is 0 Å². The van der Waals surface area contributed by atoms with Gasteiger partial charge in [0, 0.05) is 43.7 Å². The topological polar surface area (TPSA) is 34.6 Å². The lowest BCUT2D eigenvalue weighted by Crippen LogP contribution is -2.29. The van der Waals surface area contributed by atoms with Gasteiger partial charge < -0.3 is 9.47 Å². The van der Waals surface area contributed by atoms with Crippen LogP contribution < -0.4 is 9.47 Å². The highest BCUT2D eigenvalue weighted by Gasteiger charge is 2.22. The number of hydrogen-bond donors (Lipinski definition) is 0. The molecule has 0 N–H and O–H groups in total. The molecule has 24 heavy (non-hydrogen) atoms. The molecular formula is C20H24N2O2. The average molecular weight is 324 g/mol. The standard InChI is InChI=1S/C20H24N2O2/c1-14(17-4-3-16-9-12-24-19(16)13-17)22-10-7-15-5-6-20(23-2)21-18(15)8-11-22/h3-6,13-14H,7-12H2,1-2H3/t14-/m1/s1. The molecule has 4 nitrogen and oxygen atoms in total. The minimum absolute atomic E-state index is 0.385. The van der Waals surface area contributed by atoms with E-state index in [1.54, 1.807) is 7.11 Å². The molecule has 4 rings (SSSR count). The Bertz CT molecular complexity index is 744. The van der Waals surface area contributed by atoms with Crippen molar-refractivity contribution in [1.29, 1.82) is 0 Å². The van der Waals surface area contributed by atoms with Gasteiger partial charge in [-0.1, -0.05) is 18.2 Å². The molecule has 3 heterocycles. The Morgan fingerprint density at radius 2 is 1.92 bits per heavy atom. The maximum absolute atomic E-state index is 5.74. The van der Waals surface area contributed by atoms with Crippen LogP contribution in [0.5, 0.6) is 11.6 Å². The number of pyridine rings is 1. The zero-order valence-electron chi connectivity index (χ0n) is 14.4. The molecule has 1 aromatic heterocycles. The van der Waals surface area contributed by atoms with Crippen molar-refractivity contribution in [1.82, 2.24) is 9.88 Å². The monoisotopic (exact) mass is 324 g/mol. The van der Waals surface area contributed by atoms with Gasteiger partial charge in [0.15, 0.2) is 0 Å². The molecule has 2 aliphatic heterocycles. The first-order valence-electron chi connectivity index (χ1n) is 8.77. The summed E-state index contributed by atoms with van der Waals surface area (Å²) in [6.07, 6.45) is 3.05. The summed E-state index contributed by atoms with van der Waals surface area (Å²) in [5.41, 5.74) is 5.21. The van der Waals surface area contributed by atoms with Crippen molar-refractivity contribution in [3.63, 3.8) is 0 Å². The number of hydrogen-bond acceptors (Lipinski definition) is 4. The maximum atomic E-state index is 5.74. The van der Waals surface area contributed by atoms with Gasteiger partial charge in [-0.2, -0.15) is 0 Å². The normalized spacial score (nSPS) is 18.2. The summed E-state index contributed by atoms with van der Waals surface area (Å²) in [4.78, 5) is 7.18. The third-order valence-corrected chi connectivity index (χ3v) is 5.31. The summed E-state index contributed by atoms with van der Waals surface area (Å²) < 4.78 is 11.0. The van der Waals surface area contributed by atoms with Crippen LogP contribution in [-0.2, 0) is 19.3 Å². The summed E-state index contributed by atoms with van der Waals surface area (Å²) in [6.45, 7) is 5.19. The number of nitrogens with zero attached hydrogens (tertiary/aromatic N) is 2. The van der Waals surface area contributed by atoms with Crippen LogP contribution in [0.2, 0.25) is 0 Å². The molecule has 0 spiro atoms. The van der Waals surface area contributed by atoms with E-state index in [2.05, 4.69) is 41.1 Å². The summed E-state index contributed by atoms with van der Waals surface area (Å²) in [5.74, 6) is 1.79. The largest absolute Gasteiger partial charge is 0.493 e. The lowest BCUT2D eigenvalue weighted by Gasteiger charge is -2.28. The fraction of sp³-hybridized carbons (Fsp3) is 0.450. The predicted molar refractivity (Wildman–Crippen MR) is 93.8 cm³/mol. The van der Waals surface area contributed by atoms with E-state index in [-0.39, 0.29) is 0 Å². The minimum atomic E-state index is 0.385. The predicted octanol–water partition coefficient (Wildman–Crippen LogP) is 3.19. The number of rotatable bonds is 3. The lowest BCUT2D eigenvalue weighted by atomic mass is 10.0. The van der Waals surface area contributed by atoms with E-state index in [4.69, 9.17) is 9.47 Å². The van der Waals surface area contributed by atoms with Crippen molar-refractivity contribution in [2.24, 2.45) is 0 Å². The zero-order chi connectivity index (χ0) is 16.5. The molecule has 2 aromatic rings. The van der Waals surface area contributed by atoms with Gasteiger partial charge in [-0.05, 0) is 36.1 Å². The molecule has 0 saturated heterocycles. The van der Waals surface area contributed by atoms with Crippen LogP contribution in [-0.4, -0.2) is 36.7 Å². The van der Waals surface area contributed by atoms with E-state index in [0.29, 0.717) is 11.9 Å². The smallest absolute Gasteiger partial charge is 0.213 e. The van der Waals surface area contributed by atoms with Crippen molar-refractivity contribution in [3.8, 4) is 11.6 Å². The SMILES string of the molecule is COc1ccc2c(n1)CCN([C@H](C)c1ccc3c(c1)OCC3)CC2. The van der Waals surface area contributed by atoms with E-state index in [9.17, 15) is 0 Å². The van der Waals surface area contributed by atoms with Crippen LogP contribution in [0.4, 0.5) is 0 Å². The quantitative estimate of drug-likeness (QED) is 0.868. The molecule has 126 valence electrons. The first-order valence-corrected chi connectivity index (χ1v) is 8.77. The van der Waals surface area contributed by atoms with Crippen molar-refractivity contribution in [2.75, 3.05) is 26.8 Å². The summed E-state index contributed by atoms with van der Waals surface area (Å²) >= 11 is 0. The van der Waals surface area contributed by atoms with Crippen LogP contribution in [0, 0.1) is 0 Å². The highest BCUT2D eigenvalue weighted by atomic mass is 16.5. The second-order valence-corrected chi connectivity index (χ2v) is 6.64. The van der Waals surface area contributed by atoms with Crippen LogP contribution in [0.15, 0.2) is 30.3 Å². The van der Waals surface area contributed by atoms with Gasteiger partial charge >= 0.3 is 0 Å².